The summed E-state index contributed by atoms with van der Waals surface area (Å²) in [7, 11) is 0. The summed E-state index contributed by atoms with van der Waals surface area (Å²) in [4.78, 5) is 13.4. The van der Waals surface area contributed by atoms with E-state index in [0.29, 0.717) is 29.9 Å². The van der Waals surface area contributed by atoms with E-state index >= 15 is 0 Å². The van der Waals surface area contributed by atoms with Crippen LogP contribution in [0.4, 0.5) is 4.79 Å². The summed E-state index contributed by atoms with van der Waals surface area (Å²) >= 11 is 0. The number of nitrogens with zero attached hydrogens (tertiary/aromatic N) is 1. The summed E-state index contributed by atoms with van der Waals surface area (Å²) in [5.74, 6) is 1.33. The molecule has 0 radical (unpaired) electrons. The van der Waals surface area contributed by atoms with Crippen molar-refractivity contribution in [2.75, 3.05) is 19.7 Å². The van der Waals surface area contributed by atoms with E-state index in [1.807, 2.05) is 11.8 Å². The second-order valence-corrected chi connectivity index (χ2v) is 5.90. The molecule has 0 aromatic carbocycles. The minimum absolute atomic E-state index is 0.162. The molecule has 17 heavy (non-hydrogen) atoms. The molecule has 4 heteroatoms. The Morgan fingerprint density at radius 1 is 1.41 bits per heavy atom. The SMILES string of the molecule is CCOC(=O)N1CCC(C2C(N)C2(C)C)CC1. The van der Waals surface area contributed by atoms with E-state index in [1.54, 1.807) is 0 Å². The van der Waals surface area contributed by atoms with Crippen molar-refractivity contribution in [3.8, 4) is 0 Å². The Morgan fingerprint density at radius 2 is 1.94 bits per heavy atom. The summed E-state index contributed by atoms with van der Waals surface area (Å²) in [5.41, 5.74) is 6.41. The lowest BCUT2D eigenvalue weighted by Gasteiger charge is -2.32. The molecule has 1 heterocycles. The molecule has 1 saturated carbocycles. The molecule has 4 nitrogen and oxygen atoms in total. The highest BCUT2D eigenvalue weighted by atomic mass is 16.6. The lowest BCUT2D eigenvalue weighted by atomic mass is 9.88. The number of amides is 1. The van der Waals surface area contributed by atoms with Gasteiger partial charge in [-0.1, -0.05) is 13.8 Å². The molecule has 0 aromatic heterocycles. The number of rotatable bonds is 2. The predicted molar refractivity (Wildman–Crippen MR) is 66.6 cm³/mol. The lowest BCUT2D eigenvalue weighted by Crippen LogP contribution is -2.39. The average molecular weight is 240 g/mol. The van der Waals surface area contributed by atoms with Crippen LogP contribution in [0.1, 0.15) is 33.6 Å². The molecule has 1 aliphatic heterocycles. The van der Waals surface area contributed by atoms with Gasteiger partial charge in [-0.2, -0.15) is 0 Å². The second kappa shape index (κ2) is 4.48. The van der Waals surface area contributed by atoms with Crippen molar-refractivity contribution >= 4 is 6.09 Å². The van der Waals surface area contributed by atoms with Gasteiger partial charge in [-0.05, 0) is 37.0 Å². The third-order valence-corrected chi connectivity index (χ3v) is 4.57. The van der Waals surface area contributed by atoms with Gasteiger partial charge >= 0.3 is 6.09 Å². The molecule has 1 amide bonds. The first-order valence-electron chi connectivity index (χ1n) is 6.65. The number of carbonyl (C=O) groups excluding carboxylic acids is 1. The van der Waals surface area contributed by atoms with Crippen molar-refractivity contribution in [1.29, 1.82) is 0 Å². The Kier molecular flexibility index (Phi) is 3.34. The molecule has 1 aliphatic carbocycles. The van der Waals surface area contributed by atoms with Gasteiger partial charge < -0.3 is 15.4 Å². The number of hydrogen-bond donors (Lipinski definition) is 1. The quantitative estimate of drug-likeness (QED) is 0.801. The Bertz CT molecular complexity index is 296. The highest BCUT2D eigenvalue weighted by Gasteiger charge is 2.58. The molecule has 2 atom stereocenters. The third kappa shape index (κ3) is 2.28. The molecule has 2 rings (SSSR count). The number of ether oxygens (including phenoxy) is 1. The zero-order valence-electron chi connectivity index (χ0n) is 11.1. The fourth-order valence-corrected chi connectivity index (χ4v) is 3.27. The predicted octanol–water partition coefficient (Wildman–Crippen LogP) is 1.84. The minimum Gasteiger partial charge on any atom is -0.450 e. The highest BCUT2D eigenvalue weighted by Crippen LogP contribution is 2.56. The fraction of sp³-hybridized carbons (Fsp3) is 0.923. The molecule has 2 fully saturated rings. The average Bonchev–Trinajstić information content (AvgIpc) is 2.79. The van der Waals surface area contributed by atoms with Gasteiger partial charge in [0.05, 0.1) is 6.61 Å². The van der Waals surface area contributed by atoms with E-state index in [0.717, 1.165) is 25.9 Å². The van der Waals surface area contributed by atoms with Crippen LogP contribution >= 0.6 is 0 Å². The first-order chi connectivity index (χ1) is 7.98. The summed E-state index contributed by atoms with van der Waals surface area (Å²) in [6.07, 6.45) is 1.98. The van der Waals surface area contributed by atoms with E-state index in [9.17, 15) is 4.79 Å². The summed E-state index contributed by atoms with van der Waals surface area (Å²) in [6, 6.07) is 0.349. The van der Waals surface area contributed by atoms with E-state index < -0.39 is 0 Å². The van der Waals surface area contributed by atoms with Crippen molar-refractivity contribution in [2.45, 2.75) is 39.7 Å². The topological polar surface area (TPSA) is 55.6 Å². The van der Waals surface area contributed by atoms with E-state index in [2.05, 4.69) is 13.8 Å². The first kappa shape index (κ1) is 12.7. The largest absolute Gasteiger partial charge is 0.450 e. The van der Waals surface area contributed by atoms with Gasteiger partial charge in [0.25, 0.3) is 0 Å². The Balaban J connectivity index is 1.81. The van der Waals surface area contributed by atoms with Gasteiger partial charge in [0.2, 0.25) is 0 Å². The van der Waals surface area contributed by atoms with Crippen LogP contribution in [-0.4, -0.2) is 36.7 Å². The number of piperidine rings is 1. The molecule has 2 N–H and O–H groups in total. The smallest absolute Gasteiger partial charge is 0.409 e. The van der Waals surface area contributed by atoms with Crippen LogP contribution in [0, 0.1) is 17.3 Å². The van der Waals surface area contributed by atoms with Crippen LogP contribution in [0.25, 0.3) is 0 Å². The molecule has 2 aliphatic rings. The Hall–Kier alpha value is -0.770. The van der Waals surface area contributed by atoms with Gasteiger partial charge in [0, 0.05) is 19.1 Å². The van der Waals surface area contributed by atoms with Crippen LogP contribution in [-0.2, 0) is 4.74 Å². The lowest BCUT2D eigenvalue weighted by molar-refractivity contribution is 0.0880. The standard InChI is InChI=1S/C13H24N2O2/c1-4-17-12(16)15-7-5-9(6-8-15)10-11(14)13(10,2)3/h9-11H,4-8,14H2,1-3H3. The number of likely N-dealkylation sites (tertiary alicyclic amines) is 1. The van der Waals surface area contributed by atoms with E-state index in [-0.39, 0.29) is 6.09 Å². The summed E-state index contributed by atoms with van der Waals surface area (Å²) < 4.78 is 5.02. The molecule has 0 aromatic rings. The molecule has 0 spiro atoms. The highest BCUT2D eigenvalue weighted by molar-refractivity contribution is 5.67. The maximum atomic E-state index is 11.6. The zero-order chi connectivity index (χ0) is 12.6. The molecular formula is C13H24N2O2. The maximum Gasteiger partial charge on any atom is 0.409 e. The minimum atomic E-state index is -0.162. The van der Waals surface area contributed by atoms with E-state index in [4.69, 9.17) is 10.5 Å². The monoisotopic (exact) mass is 240 g/mol. The fourth-order valence-electron chi connectivity index (χ4n) is 3.27. The van der Waals surface area contributed by atoms with Crippen LogP contribution in [0.5, 0.6) is 0 Å². The third-order valence-electron chi connectivity index (χ3n) is 4.57. The van der Waals surface area contributed by atoms with Gasteiger partial charge in [-0.3, -0.25) is 0 Å². The first-order valence-corrected chi connectivity index (χ1v) is 6.65. The van der Waals surface area contributed by atoms with Crippen LogP contribution < -0.4 is 5.73 Å². The number of nitrogens with two attached hydrogens (primary N) is 1. The van der Waals surface area contributed by atoms with Gasteiger partial charge in [0.15, 0.2) is 0 Å². The summed E-state index contributed by atoms with van der Waals surface area (Å²) in [6.45, 7) is 8.45. The zero-order valence-corrected chi connectivity index (χ0v) is 11.1. The van der Waals surface area contributed by atoms with Gasteiger partial charge in [-0.15, -0.1) is 0 Å². The van der Waals surface area contributed by atoms with Crippen molar-refractivity contribution in [3.63, 3.8) is 0 Å². The van der Waals surface area contributed by atoms with Gasteiger partial charge in [0.1, 0.15) is 0 Å². The normalized spacial score (nSPS) is 32.4. The van der Waals surface area contributed by atoms with Crippen LogP contribution in [0.3, 0.4) is 0 Å². The van der Waals surface area contributed by atoms with Crippen LogP contribution in [0.2, 0.25) is 0 Å². The van der Waals surface area contributed by atoms with Crippen molar-refractivity contribution < 1.29 is 9.53 Å². The molecule has 0 bridgehead atoms. The molecule has 2 unspecified atom stereocenters. The van der Waals surface area contributed by atoms with Gasteiger partial charge in [-0.25, -0.2) is 4.79 Å². The molecule has 98 valence electrons. The van der Waals surface area contributed by atoms with Crippen molar-refractivity contribution in [3.05, 3.63) is 0 Å². The maximum absolute atomic E-state index is 11.6. The molecular weight excluding hydrogens is 216 g/mol. The second-order valence-electron chi connectivity index (χ2n) is 5.90. The van der Waals surface area contributed by atoms with E-state index in [1.165, 1.54) is 0 Å². The number of hydrogen-bond acceptors (Lipinski definition) is 3. The number of carbonyl (C=O) groups is 1. The molecule has 1 saturated heterocycles. The van der Waals surface area contributed by atoms with Crippen molar-refractivity contribution in [1.82, 2.24) is 4.90 Å². The van der Waals surface area contributed by atoms with Crippen LogP contribution in [0.15, 0.2) is 0 Å². The summed E-state index contributed by atoms with van der Waals surface area (Å²) in [5, 5.41) is 0. The Labute approximate surface area is 103 Å². The Morgan fingerprint density at radius 3 is 2.35 bits per heavy atom. The van der Waals surface area contributed by atoms with Crippen molar-refractivity contribution in [2.24, 2.45) is 23.0 Å².